The fourth-order valence-electron chi connectivity index (χ4n) is 1.90. The fraction of sp³-hybridized carbons (Fsp3) is 0.133. The van der Waals surface area contributed by atoms with Crippen LogP contribution in [0.25, 0.3) is 0 Å². The summed E-state index contributed by atoms with van der Waals surface area (Å²) in [5, 5.41) is 11.5. The second-order valence-electron chi connectivity index (χ2n) is 4.85. The summed E-state index contributed by atoms with van der Waals surface area (Å²) in [4.78, 5) is 11.6. The molecule has 0 radical (unpaired) electrons. The number of aliphatic hydroxyl groups excluding tert-OH is 1. The molecule has 1 amide bonds. The predicted molar refractivity (Wildman–Crippen MR) is 98.1 cm³/mol. The van der Waals surface area contributed by atoms with E-state index in [0.29, 0.717) is 5.02 Å². The Kier molecular flexibility index (Phi) is 6.53. The molecule has 0 saturated heterocycles. The molecule has 134 valence electrons. The van der Waals surface area contributed by atoms with Gasteiger partial charge in [-0.15, -0.1) is 0 Å². The molecule has 6 nitrogen and oxygen atoms in total. The maximum atomic E-state index is 12.6. The van der Waals surface area contributed by atoms with Crippen molar-refractivity contribution in [1.82, 2.24) is 5.32 Å². The molecule has 0 atom stereocenters. The van der Waals surface area contributed by atoms with E-state index in [0.717, 1.165) is 6.07 Å². The van der Waals surface area contributed by atoms with E-state index in [9.17, 15) is 13.2 Å². The molecule has 25 heavy (non-hydrogen) atoms. The quantitative estimate of drug-likeness (QED) is 0.665. The maximum absolute atomic E-state index is 12.6. The van der Waals surface area contributed by atoms with Crippen LogP contribution in [-0.2, 0) is 10.0 Å². The molecule has 0 unspecified atom stereocenters. The molecule has 3 N–H and O–H groups in total. The van der Waals surface area contributed by atoms with E-state index in [1.807, 2.05) is 0 Å². The van der Waals surface area contributed by atoms with Crippen LogP contribution in [0.3, 0.4) is 0 Å². The highest BCUT2D eigenvalue weighted by Gasteiger charge is 2.21. The monoisotopic (exact) mass is 422 g/mol. The van der Waals surface area contributed by atoms with Crippen LogP contribution in [0.2, 0.25) is 15.1 Å². The smallest absolute Gasteiger partial charge is 0.263 e. The van der Waals surface area contributed by atoms with E-state index >= 15 is 0 Å². The molecule has 2 aromatic carbocycles. The third-order valence-electron chi connectivity index (χ3n) is 3.05. The van der Waals surface area contributed by atoms with Crippen molar-refractivity contribution < 1.29 is 18.3 Å². The van der Waals surface area contributed by atoms with Crippen LogP contribution in [0.1, 0.15) is 10.4 Å². The number of halogens is 3. The first-order valence-electron chi connectivity index (χ1n) is 6.91. The number of hydrogen-bond donors (Lipinski definition) is 3. The lowest BCUT2D eigenvalue weighted by molar-refractivity contribution is 0.0944. The first kappa shape index (κ1) is 19.8. The average Bonchev–Trinajstić information content (AvgIpc) is 2.56. The first-order valence-corrected chi connectivity index (χ1v) is 9.53. The molecule has 10 heteroatoms. The van der Waals surface area contributed by atoms with Crippen LogP contribution in [0, 0.1) is 0 Å². The molecule has 0 saturated carbocycles. The summed E-state index contributed by atoms with van der Waals surface area (Å²) in [5.74, 6) is -0.539. The van der Waals surface area contributed by atoms with E-state index < -0.39 is 15.9 Å². The lowest BCUT2D eigenvalue weighted by Crippen LogP contribution is -2.26. The molecule has 0 aliphatic carbocycles. The molecule has 0 aromatic heterocycles. The molecule has 0 aliphatic heterocycles. The lowest BCUT2D eigenvalue weighted by Gasteiger charge is -2.12. The van der Waals surface area contributed by atoms with Gasteiger partial charge in [0.05, 0.1) is 22.3 Å². The molecule has 0 spiro atoms. The van der Waals surface area contributed by atoms with Gasteiger partial charge in [0, 0.05) is 17.1 Å². The van der Waals surface area contributed by atoms with Crippen molar-refractivity contribution in [3.05, 3.63) is 57.0 Å². The number of amides is 1. The highest BCUT2D eigenvalue weighted by atomic mass is 35.5. The van der Waals surface area contributed by atoms with Gasteiger partial charge < -0.3 is 10.4 Å². The van der Waals surface area contributed by atoms with E-state index in [1.165, 1.54) is 30.3 Å². The number of anilines is 1. The normalized spacial score (nSPS) is 11.2. The van der Waals surface area contributed by atoms with Gasteiger partial charge in [0.2, 0.25) is 0 Å². The molecular weight excluding hydrogens is 411 g/mol. The molecule has 2 aromatic rings. The van der Waals surface area contributed by atoms with Gasteiger partial charge in [0.15, 0.2) is 0 Å². The average molecular weight is 424 g/mol. The van der Waals surface area contributed by atoms with E-state index in [4.69, 9.17) is 39.9 Å². The number of nitrogens with one attached hydrogen (secondary N) is 2. The van der Waals surface area contributed by atoms with Gasteiger partial charge in [-0.25, -0.2) is 8.42 Å². The highest BCUT2D eigenvalue weighted by molar-refractivity contribution is 7.92. The standard InChI is InChI=1S/C15H13Cl3N2O4S/c16-10-2-4-11(17)13(8-10)20-25(23,24)14-7-9(1-3-12(14)18)15(22)19-5-6-21/h1-4,7-8,20-21H,5-6H2,(H,19,22). The molecule has 0 heterocycles. The zero-order valence-corrected chi connectivity index (χ0v) is 15.7. The van der Waals surface area contributed by atoms with Crippen molar-refractivity contribution in [2.45, 2.75) is 4.90 Å². The zero-order chi connectivity index (χ0) is 18.6. The summed E-state index contributed by atoms with van der Waals surface area (Å²) in [7, 11) is -4.11. The first-order chi connectivity index (χ1) is 11.7. The van der Waals surface area contributed by atoms with Gasteiger partial charge in [-0.3, -0.25) is 9.52 Å². The molecule has 0 fully saturated rings. The van der Waals surface area contributed by atoms with Crippen LogP contribution >= 0.6 is 34.8 Å². The number of carbonyl (C=O) groups is 1. The van der Waals surface area contributed by atoms with E-state index in [-0.39, 0.29) is 39.3 Å². The minimum atomic E-state index is -4.11. The van der Waals surface area contributed by atoms with Gasteiger partial charge in [-0.1, -0.05) is 34.8 Å². The Morgan fingerprint density at radius 3 is 2.40 bits per heavy atom. The molecule has 0 bridgehead atoms. The fourth-order valence-corrected chi connectivity index (χ4v) is 3.89. The lowest BCUT2D eigenvalue weighted by atomic mass is 10.2. The van der Waals surface area contributed by atoms with Gasteiger partial charge in [-0.05, 0) is 36.4 Å². The van der Waals surface area contributed by atoms with Crippen LogP contribution in [-0.4, -0.2) is 32.6 Å². The maximum Gasteiger partial charge on any atom is 0.263 e. The zero-order valence-electron chi connectivity index (χ0n) is 12.6. The summed E-state index contributed by atoms with van der Waals surface area (Å²) in [6, 6.07) is 8.12. The van der Waals surface area contributed by atoms with E-state index in [2.05, 4.69) is 10.0 Å². The number of rotatable bonds is 6. The van der Waals surface area contributed by atoms with Crippen LogP contribution in [0.15, 0.2) is 41.3 Å². The summed E-state index contributed by atoms with van der Waals surface area (Å²) < 4.78 is 27.5. The minimum absolute atomic E-state index is 0.0416. The Balaban J connectivity index is 2.38. The minimum Gasteiger partial charge on any atom is -0.395 e. The van der Waals surface area contributed by atoms with Crippen molar-refractivity contribution in [3.63, 3.8) is 0 Å². The van der Waals surface area contributed by atoms with Crippen LogP contribution < -0.4 is 10.0 Å². The Morgan fingerprint density at radius 2 is 1.72 bits per heavy atom. The molecule has 2 rings (SSSR count). The van der Waals surface area contributed by atoms with Crippen LogP contribution in [0.5, 0.6) is 0 Å². The third-order valence-corrected chi connectivity index (χ3v) is 5.46. The highest BCUT2D eigenvalue weighted by Crippen LogP contribution is 2.30. The van der Waals surface area contributed by atoms with Crippen molar-refractivity contribution >= 4 is 56.4 Å². The molecule has 0 aliphatic rings. The predicted octanol–water partition coefficient (Wildman–Crippen LogP) is 3.17. The Bertz CT molecular complexity index is 904. The summed E-state index contributed by atoms with van der Waals surface area (Å²) in [6.07, 6.45) is 0. The van der Waals surface area contributed by atoms with Crippen LogP contribution in [0.4, 0.5) is 5.69 Å². The second-order valence-corrected chi connectivity index (χ2v) is 7.76. The summed E-state index contributed by atoms with van der Waals surface area (Å²) in [5.41, 5.74) is 0.163. The van der Waals surface area contributed by atoms with Gasteiger partial charge >= 0.3 is 0 Å². The van der Waals surface area contributed by atoms with Crippen molar-refractivity contribution in [1.29, 1.82) is 0 Å². The van der Waals surface area contributed by atoms with Gasteiger partial charge in [-0.2, -0.15) is 0 Å². The van der Waals surface area contributed by atoms with Crippen molar-refractivity contribution in [3.8, 4) is 0 Å². The summed E-state index contributed by atoms with van der Waals surface area (Å²) in [6.45, 7) is -0.195. The van der Waals surface area contributed by atoms with Crippen molar-refractivity contribution in [2.24, 2.45) is 0 Å². The van der Waals surface area contributed by atoms with Gasteiger partial charge in [0.1, 0.15) is 4.90 Å². The second kappa shape index (κ2) is 8.25. The number of hydrogen-bond acceptors (Lipinski definition) is 4. The summed E-state index contributed by atoms with van der Waals surface area (Å²) >= 11 is 17.8. The number of benzene rings is 2. The molecular formula is C15H13Cl3N2O4S. The number of carbonyl (C=O) groups excluding carboxylic acids is 1. The number of sulfonamides is 1. The van der Waals surface area contributed by atoms with Crippen molar-refractivity contribution in [2.75, 3.05) is 17.9 Å². The Labute approximate surface area is 159 Å². The number of aliphatic hydroxyl groups is 1. The SMILES string of the molecule is O=C(NCCO)c1ccc(Cl)c(S(=O)(=O)Nc2cc(Cl)ccc2Cl)c1. The Hall–Kier alpha value is -1.51. The largest absolute Gasteiger partial charge is 0.395 e. The van der Waals surface area contributed by atoms with Gasteiger partial charge in [0.25, 0.3) is 15.9 Å². The topological polar surface area (TPSA) is 95.5 Å². The Morgan fingerprint density at radius 1 is 1.04 bits per heavy atom. The third kappa shape index (κ3) is 4.99. The van der Waals surface area contributed by atoms with E-state index in [1.54, 1.807) is 0 Å².